The van der Waals surface area contributed by atoms with Gasteiger partial charge < -0.3 is 10.0 Å². The van der Waals surface area contributed by atoms with Crippen molar-refractivity contribution in [2.24, 2.45) is 0 Å². The smallest absolute Gasteiger partial charge is 0.326 e. The summed E-state index contributed by atoms with van der Waals surface area (Å²) in [6.07, 6.45) is 2.35. The highest BCUT2D eigenvalue weighted by atomic mass is 32.1. The first-order valence-corrected chi connectivity index (χ1v) is 7.06. The number of likely N-dealkylation sites (tertiary alicyclic amines) is 1. The molecule has 1 aromatic rings. The topological polar surface area (TPSA) is 57.6 Å². The fourth-order valence-electron chi connectivity index (χ4n) is 2.36. The number of piperidine rings is 1. The van der Waals surface area contributed by atoms with Gasteiger partial charge in [-0.15, -0.1) is 11.3 Å². The van der Waals surface area contributed by atoms with Crippen molar-refractivity contribution in [3.63, 3.8) is 0 Å². The second-order valence-electron chi connectivity index (χ2n) is 4.62. The van der Waals surface area contributed by atoms with Crippen LogP contribution in [0, 0.1) is 0 Å². The van der Waals surface area contributed by atoms with Crippen molar-refractivity contribution in [3.8, 4) is 0 Å². The van der Waals surface area contributed by atoms with E-state index in [1.165, 1.54) is 16.2 Å². The van der Waals surface area contributed by atoms with E-state index in [0.717, 1.165) is 17.7 Å². The lowest BCUT2D eigenvalue weighted by molar-refractivity contribution is -0.152. The highest BCUT2D eigenvalue weighted by Crippen LogP contribution is 2.26. The van der Waals surface area contributed by atoms with Crippen LogP contribution in [0.2, 0.25) is 0 Å². The maximum Gasteiger partial charge on any atom is 0.326 e. The predicted octanol–water partition coefficient (Wildman–Crippen LogP) is 2.32. The molecule has 0 saturated carbocycles. The molecule has 1 aromatic heterocycles. The quantitative estimate of drug-likeness (QED) is 0.914. The number of carbonyl (C=O) groups excluding carboxylic acids is 1. The standard InChI is InChI=1S/C13H17NO3S/c1-9(11-6-4-8-18-11)12(15)14-7-3-2-5-10(14)13(16)17/h4,6,8-10H,2-3,5,7H2,1H3,(H,16,17)/t9?,10-/m1/s1. The Morgan fingerprint density at radius 3 is 2.89 bits per heavy atom. The summed E-state index contributed by atoms with van der Waals surface area (Å²) in [4.78, 5) is 26.1. The summed E-state index contributed by atoms with van der Waals surface area (Å²) < 4.78 is 0. The molecule has 1 N–H and O–H groups in total. The number of carboxylic acids is 1. The van der Waals surface area contributed by atoms with Gasteiger partial charge in [0.15, 0.2) is 0 Å². The zero-order valence-electron chi connectivity index (χ0n) is 10.3. The third-order valence-corrected chi connectivity index (χ3v) is 4.47. The first-order chi connectivity index (χ1) is 8.61. The first-order valence-electron chi connectivity index (χ1n) is 6.18. The molecular formula is C13H17NO3S. The molecular weight excluding hydrogens is 250 g/mol. The molecule has 2 rings (SSSR count). The summed E-state index contributed by atoms with van der Waals surface area (Å²) >= 11 is 1.54. The number of amides is 1. The number of carboxylic acid groups (broad SMARTS) is 1. The van der Waals surface area contributed by atoms with E-state index >= 15 is 0 Å². The molecule has 1 aliphatic heterocycles. The molecule has 1 fully saturated rings. The van der Waals surface area contributed by atoms with Gasteiger partial charge in [-0.1, -0.05) is 6.07 Å². The molecule has 5 heteroatoms. The van der Waals surface area contributed by atoms with Crippen molar-refractivity contribution < 1.29 is 14.7 Å². The van der Waals surface area contributed by atoms with Crippen LogP contribution in [-0.4, -0.2) is 34.5 Å². The summed E-state index contributed by atoms with van der Waals surface area (Å²) in [5.74, 6) is -1.20. The molecule has 2 atom stereocenters. The molecule has 0 radical (unpaired) electrons. The zero-order chi connectivity index (χ0) is 13.1. The third-order valence-electron chi connectivity index (χ3n) is 3.41. The van der Waals surface area contributed by atoms with E-state index in [0.29, 0.717) is 13.0 Å². The Labute approximate surface area is 110 Å². The van der Waals surface area contributed by atoms with Gasteiger partial charge in [-0.25, -0.2) is 4.79 Å². The summed E-state index contributed by atoms with van der Waals surface area (Å²) in [5.41, 5.74) is 0. The average Bonchev–Trinajstić information content (AvgIpc) is 2.90. The molecule has 18 heavy (non-hydrogen) atoms. The number of nitrogens with zero attached hydrogens (tertiary/aromatic N) is 1. The Morgan fingerprint density at radius 1 is 1.50 bits per heavy atom. The Kier molecular flexibility index (Phi) is 4.01. The molecule has 1 unspecified atom stereocenters. The number of rotatable bonds is 3. The van der Waals surface area contributed by atoms with Crippen molar-refractivity contribution >= 4 is 23.2 Å². The van der Waals surface area contributed by atoms with E-state index in [-0.39, 0.29) is 11.8 Å². The zero-order valence-corrected chi connectivity index (χ0v) is 11.2. The Hall–Kier alpha value is -1.36. The molecule has 1 aliphatic rings. The average molecular weight is 267 g/mol. The Bertz CT molecular complexity index is 429. The lowest BCUT2D eigenvalue weighted by Crippen LogP contribution is -2.49. The van der Waals surface area contributed by atoms with Gasteiger partial charge in [0.2, 0.25) is 5.91 Å². The van der Waals surface area contributed by atoms with Gasteiger partial charge >= 0.3 is 5.97 Å². The SMILES string of the molecule is CC(C(=O)N1CCCC[C@@H]1C(=O)O)c1cccs1. The largest absolute Gasteiger partial charge is 0.480 e. The van der Waals surface area contributed by atoms with Crippen LogP contribution >= 0.6 is 11.3 Å². The van der Waals surface area contributed by atoms with Crippen LogP contribution in [0.25, 0.3) is 0 Å². The molecule has 1 saturated heterocycles. The number of carbonyl (C=O) groups is 2. The molecule has 0 bridgehead atoms. The van der Waals surface area contributed by atoms with Gasteiger partial charge in [-0.2, -0.15) is 0 Å². The van der Waals surface area contributed by atoms with Crippen LogP contribution < -0.4 is 0 Å². The lowest BCUT2D eigenvalue weighted by Gasteiger charge is -2.34. The van der Waals surface area contributed by atoms with Crippen molar-refractivity contribution in [3.05, 3.63) is 22.4 Å². The molecule has 0 spiro atoms. The molecule has 1 amide bonds. The molecule has 98 valence electrons. The molecule has 2 heterocycles. The Morgan fingerprint density at radius 2 is 2.28 bits per heavy atom. The van der Waals surface area contributed by atoms with E-state index < -0.39 is 12.0 Å². The van der Waals surface area contributed by atoms with E-state index in [1.807, 2.05) is 24.4 Å². The fourth-order valence-corrected chi connectivity index (χ4v) is 3.14. The summed E-state index contributed by atoms with van der Waals surface area (Å²) in [5, 5.41) is 11.1. The minimum absolute atomic E-state index is 0.0652. The second kappa shape index (κ2) is 5.52. The van der Waals surface area contributed by atoms with Crippen LogP contribution in [0.1, 0.15) is 37.0 Å². The van der Waals surface area contributed by atoms with Gasteiger partial charge in [0.05, 0.1) is 5.92 Å². The lowest BCUT2D eigenvalue weighted by atomic mass is 9.99. The van der Waals surface area contributed by atoms with E-state index in [4.69, 9.17) is 0 Å². The van der Waals surface area contributed by atoms with Gasteiger partial charge in [0, 0.05) is 11.4 Å². The van der Waals surface area contributed by atoms with Gasteiger partial charge in [-0.3, -0.25) is 4.79 Å². The van der Waals surface area contributed by atoms with Crippen LogP contribution in [0.15, 0.2) is 17.5 Å². The normalized spacial score (nSPS) is 21.6. The predicted molar refractivity (Wildman–Crippen MR) is 69.7 cm³/mol. The van der Waals surface area contributed by atoms with Crippen LogP contribution in [-0.2, 0) is 9.59 Å². The van der Waals surface area contributed by atoms with E-state index in [9.17, 15) is 14.7 Å². The van der Waals surface area contributed by atoms with Crippen LogP contribution in [0.5, 0.6) is 0 Å². The highest BCUT2D eigenvalue weighted by Gasteiger charge is 2.34. The maximum absolute atomic E-state index is 12.4. The van der Waals surface area contributed by atoms with Crippen molar-refractivity contribution in [1.82, 2.24) is 4.90 Å². The highest BCUT2D eigenvalue weighted by molar-refractivity contribution is 7.10. The number of thiophene rings is 1. The van der Waals surface area contributed by atoms with E-state index in [1.54, 1.807) is 0 Å². The second-order valence-corrected chi connectivity index (χ2v) is 5.60. The van der Waals surface area contributed by atoms with E-state index in [2.05, 4.69) is 0 Å². The molecule has 0 aromatic carbocycles. The maximum atomic E-state index is 12.4. The van der Waals surface area contributed by atoms with Crippen molar-refractivity contribution in [2.45, 2.75) is 38.1 Å². The van der Waals surface area contributed by atoms with Crippen molar-refractivity contribution in [2.75, 3.05) is 6.54 Å². The monoisotopic (exact) mass is 267 g/mol. The fraction of sp³-hybridized carbons (Fsp3) is 0.538. The summed E-state index contributed by atoms with van der Waals surface area (Å²) in [6.45, 7) is 2.41. The van der Waals surface area contributed by atoms with Gasteiger partial charge in [0.1, 0.15) is 6.04 Å². The summed E-state index contributed by atoms with van der Waals surface area (Å²) in [7, 11) is 0. The Balaban J connectivity index is 2.13. The number of aliphatic carboxylic acids is 1. The van der Waals surface area contributed by atoms with Crippen molar-refractivity contribution in [1.29, 1.82) is 0 Å². The minimum Gasteiger partial charge on any atom is -0.480 e. The van der Waals surface area contributed by atoms with Crippen LogP contribution in [0.3, 0.4) is 0 Å². The number of hydrogen-bond acceptors (Lipinski definition) is 3. The van der Waals surface area contributed by atoms with Crippen LogP contribution in [0.4, 0.5) is 0 Å². The number of hydrogen-bond donors (Lipinski definition) is 1. The summed E-state index contributed by atoms with van der Waals surface area (Å²) in [6, 6.07) is 3.19. The minimum atomic E-state index is -0.888. The molecule has 4 nitrogen and oxygen atoms in total. The molecule has 0 aliphatic carbocycles. The van der Waals surface area contributed by atoms with Gasteiger partial charge in [-0.05, 0) is 37.6 Å². The third kappa shape index (κ3) is 2.56. The van der Waals surface area contributed by atoms with Gasteiger partial charge in [0.25, 0.3) is 0 Å². The first kappa shape index (κ1) is 13.1.